The van der Waals surface area contributed by atoms with Gasteiger partial charge in [0.1, 0.15) is 0 Å². The van der Waals surface area contributed by atoms with E-state index >= 15 is 0 Å². The Morgan fingerprint density at radius 3 is 2.67 bits per heavy atom. The molecule has 0 aromatic rings. The van der Waals surface area contributed by atoms with Crippen LogP contribution < -0.4 is 5.32 Å². The van der Waals surface area contributed by atoms with Crippen molar-refractivity contribution in [3.63, 3.8) is 0 Å². The Morgan fingerprint density at radius 2 is 1.89 bits per heavy atom. The van der Waals surface area contributed by atoms with Crippen molar-refractivity contribution in [1.82, 2.24) is 5.32 Å². The van der Waals surface area contributed by atoms with Crippen molar-refractivity contribution in [2.24, 2.45) is 5.92 Å². The minimum absolute atomic E-state index is 0.311. The van der Waals surface area contributed by atoms with Crippen molar-refractivity contribution >= 4 is 0 Å². The third-order valence-electron chi connectivity index (χ3n) is 5.16. The molecule has 1 atom stereocenters. The molecule has 0 amide bonds. The van der Waals surface area contributed by atoms with Gasteiger partial charge in [0.2, 0.25) is 0 Å². The topological polar surface area (TPSA) is 21.3 Å². The van der Waals surface area contributed by atoms with E-state index in [1.165, 1.54) is 77.2 Å². The quantitative estimate of drug-likeness (QED) is 0.753. The highest BCUT2D eigenvalue weighted by molar-refractivity contribution is 4.89. The standard InChI is InChI=1S/C16H29NO/c1-2-9-16(10-3-1)13-14(8-12-18-16)5-4-11-17-15-6-7-15/h14-15,17H,1-13H2. The van der Waals surface area contributed by atoms with Gasteiger partial charge in [-0.15, -0.1) is 0 Å². The minimum Gasteiger partial charge on any atom is -0.375 e. The molecule has 0 bridgehead atoms. The molecule has 1 N–H and O–H groups in total. The van der Waals surface area contributed by atoms with Gasteiger partial charge in [-0.1, -0.05) is 19.3 Å². The van der Waals surface area contributed by atoms with Crippen molar-refractivity contribution in [2.45, 2.75) is 82.3 Å². The zero-order valence-electron chi connectivity index (χ0n) is 11.8. The van der Waals surface area contributed by atoms with Crippen LogP contribution in [0.3, 0.4) is 0 Å². The molecule has 1 spiro atoms. The van der Waals surface area contributed by atoms with Crippen LogP contribution in [-0.2, 0) is 4.74 Å². The van der Waals surface area contributed by atoms with E-state index in [2.05, 4.69) is 5.32 Å². The van der Waals surface area contributed by atoms with Crippen molar-refractivity contribution < 1.29 is 4.74 Å². The second kappa shape index (κ2) is 5.92. The van der Waals surface area contributed by atoms with Gasteiger partial charge in [0, 0.05) is 12.6 Å². The Bertz CT molecular complexity index is 250. The highest BCUT2D eigenvalue weighted by Gasteiger charge is 2.38. The van der Waals surface area contributed by atoms with Gasteiger partial charge in [-0.05, 0) is 63.8 Å². The number of nitrogens with one attached hydrogen (secondary N) is 1. The Kier molecular flexibility index (Phi) is 4.25. The molecule has 2 saturated carbocycles. The first-order chi connectivity index (χ1) is 8.86. The van der Waals surface area contributed by atoms with Crippen LogP contribution in [0.25, 0.3) is 0 Å². The average Bonchev–Trinajstić information content (AvgIpc) is 3.20. The van der Waals surface area contributed by atoms with Gasteiger partial charge < -0.3 is 10.1 Å². The van der Waals surface area contributed by atoms with Gasteiger partial charge in [0.05, 0.1) is 5.60 Å². The summed E-state index contributed by atoms with van der Waals surface area (Å²) in [4.78, 5) is 0. The first-order valence-corrected chi connectivity index (χ1v) is 8.24. The van der Waals surface area contributed by atoms with Crippen LogP contribution in [0, 0.1) is 5.92 Å². The van der Waals surface area contributed by atoms with E-state index in [0.717, 1.165) is 18.6 Å². The smallest absolute Gasteiger partial charge is 0.0685 e. The molecule has 3 fully saturated rings. The predicted molar refractivity (Wildman–Crippen MR) is 74.8 cm³/mol. The molecule has 2 nitrogen and oxygen atoms in total. The Hall–Kier alpha value is -0.0800. The van der Waals surface area contributed by atoms with Crippen LogP contribution in [0.2, 0.25) is 0 Å². The second-order valence-electron chi connectivity index (χ2n) is 6.82. The molecule has 2 heteroatoms. The molecule has 1 heterocycles. The molecule has 0 radical (unpaired) electrons. The molecule has 1 unspecified atom stereocenters. The van der Waals surface area contributed by atoms with E-state index in [-0.39, 0.29) is 0 Å². The van der Waals surface area contributed by atoms with E-state index in [4.69, 9.17) is 4.74 Å². The van der Waals surface area contributed by atoms with E-state index in [0.29, 0.717) is 5.60 Å². The van der Waals surface area contributed by atoms with Gasteiger partial charge in [-0.2, -0.15) is 0 Å². The van der Waals surface area contributed by atoms with Gasteiger partial charge in [-0.3, -0.25) is 0 Å². The normalized spacial score (nSPS) is 31.7. The van der Waals surface area contributed by atoms with Gasteiger partial charge in [-0.25, -0.2) is 0 Å². The van der Waals surface area contributed by atoms with Crippen LogP contribution in [0.1, 0.15) is 70.6 Å². The molecular formula is C16H29NO. The third kappa shape index (κ3) is 3.48. The van der Waals surface area contributed by atoms with Gasteiger partial charge >= 0.3 is 0 Å². The van der Waals surface area contributed by atoms with Crippen molar-refractivity contribution in [1.29, 1.82) is 0 Å². The van der Waals surface area contributed by atoms with Gasteiger partial charge in [0.15, 0.2) is 0 Å². The molecule has 2 aliphatic carbocycles. The summed E-state index contributed by atoms with van der Waals surface area (Å²) < 4.78 is 6.18. The van der Waals surface area contributed by atoms with E-state index < -0.39 is 0 Å². The lowest BCUT2D eigenvalue weighted by Gasteiger charge is -2.43. The summed E-state index contributed by atoms with van der Waals surface area (Å²) in [6.45, 7) is 2.27. The fraction of sp³-hybridized carbons (Fsp3) is 1.00. The summed E-state index contributed by atoms with van der Waals surface area (Å²) in [5.41, 5.74) is 0.311. The maximum absolute atomic E-state index is 6.18. The predicted octanol–water partition coefficient (Wildman–Crippen LogP) is 3.65. The molecular weight excluding hydrogens is 222 g/mol. The largest absolute Gasteiger partial charge is 0.375 e. The maximum atomic E-state index is 6.18. The molecule has 18 heavy (non-hydrogen) atoms. The van der Waals surface area contributed by atoms with Crippen LogP contribution in [0.5, 0.6) is 0 Å². The van der Waals surface area contributed by atoms with Crippen LogP contribution in [-0.4, -0.2) is 24.8 Å². The maximum Gasteiger partial charge on any atom is 0.0685 e. The summed E-state index contributed by atoms with van der Waals surface area (Å²) in [5.74, 6) is 0.942. The first kappa shape index (κ1) is 12.9. The molecule has 1 saturated heterocycles. The first-order valence-electron chi connectivity index (χ1n) is 8.24. The highest BCUT2D eigenvalue weighted by atomic mass is 16.5. The van der Waals surface area contributed by atoms with Crippen molar-refractivity contribution in [3.8, 4) is 0 Å². The summed E-state index contributed by atoms with van der Waals surface area (Å²) in [5, 5.41) is 3.64. The second-order valence-corrected chi connectivity index (χ2v) is 6.82. The van der Waals surface area contributed by atoms with Crippen LogP contribution in [0.4, 0.5) is 0 Å². The zero-order valence-corrected chi connectivity index (χ0v) is 11.8. The molecule has 0 aromatic carbocycles. The highest BCUT2D eigenvalue weighted by Crippen LogP contribution is 2.41. The van der Waals surface area contributed by atoms with Crippen LogP contribution in [0.15, 0.2) is 0 Å². The Labute approximate surface area is 112 Å². The number of rotatable bonds is 5. The lowest BCUT2D eigenvalue weighted by molar-refractivity contribution is -0.118. The molecule has 1 aliphatic heterocycles. The lowest BCUT2D eigenvalue weighted by Crippen LogP contribution is -2.41. The van der Waals surface area contributed by atoms with Crippen molar-refractivity contribution in [2.75, 3.05) is 13.2 Å². The summed E-state index contributed by atoms with van der Waals surface area (Å²) in [7, 11) is 0. The zero-order chi connectivity index (χ0) is 12.3. The fourth-order valence-electron chi connectivity index (χ4n) is 3.90. The van der Waals surface area contributed by atoms with Crippen molar-refractivity contribution in [3.05, 3.63) is 0 Å². The molecule has 3 aliphatic rings. The van der Waals surface area contributed by atoms with E-state index in [9.17, 15) is 0 Å². The summed E-state index contributed by atoms with van der Waals surface area (Å²) in [6.07, 6.45) is 15.2. The molecule has 3 rings (SSSR count). The Balaban J connectivity index is 1.38. The molecule has 104 valence electrons. The third-order valence-corrected chi connectivity index (χ3v) is 5.16. The van der Waals surface area contributed by atoms with Crippen LogP contribution >= 0.6 is 0 Å². The monoisotopic (exact) mass is 251 g/mol. The van der Waals surface area contributed by atoms with E-state index in [1.54, 1.807) is 0 Å². The van der Waals surface area contributed by atoms with Gasteiger partial charge in [0.25, 0.3) is 0 Å². The fourth-order valence-corrected chi connectivity index (χ4v) is 3.90. The number of hydrogen-bond donors (Lipinski definition) is 1. The number of hydrogen-bond acceptors (Lipinski definition) is 2. The number of ether oxygens (including phenoxy) is 1. The summed E-state index contributed by atoms with van der Waals surface area (Å²) in [6, 6.07) is 0.879. The summed E-state index contributed by atoms with van der Waals surface area (Å²) >= 11 is 0. The average molecular weight is 251 g/mol. The molecule has 0 aromatic heterocycles. The lowest BCUT2D eigenvalue weighted by atomic mass is 9.75. The SMILES string of the molecule is C1CCC2(CC1)CC(CCCNC1CC1)CCO2. The van der Waals surface area contributed by atoms with E-state index in [1.807, 2.05) is 0 Å². The minimum atomic E-state index is 0.311. The Morgan fingerprint density at radius 1 is 1.06 bits per heavy atom.